The summed E-state index contributed by atoms with van der Waals surface area (Å²) in [6.07, 6.45) is 0. The van der Waals surface area contributed by atoms with Crippen LogP contribution in [0.15, 0.2) is 18.2 Å². The second-order valence-corrected chi connectivity index (χ2v) is 6.70. The van der Waals surface area contributed by atoms with E-state index in [0.717, 1.165) is 0 Å². The van der Waals surface area contributed by atoms with Crippen LogP contribution in [0, 0.1) is 5.92 Å². The molecule has 0 bridgehead atoms. The molecule has 6 nitrogen and oxygen atoms in total. The van der Waals surface area contributed by atoms with E-state index in [2.05, 4.69) is 16.0 Å². The van der Waals surface area contributed by atoms with Crippen molar-refractivity contribution in [3.63, 3.8) is 0 Å². The zero-order chi connectivity index (χ0) is 18.4. The van der Waals surface area contributed by atoms with Gasteiger partial charge in [0.2, 0.25) is 5.91 Å². The van der Waals surface area contributed by atoms with Gasteiger partial charge in [0.05, 0.1) is 0 Å². The Morgan fingerprint density at radius 2 is 1.17 bits per heavy atom. The molecular formula is C18H27N3O3. The van der Waals surface area contributed by atoms with Gasteiger partial charge in [-0.3, -0.25) is 14.4 Å². The maximum atomic E-state index is 12.3. The van der Waals surface area contributed by atoms with Gasteiger partial charge in [0, 0.05) is 34.8 Å². The number of nitrogens with one attached hydrogen (secondary N) is 3. The molecule has 0 unspecified atom stereocenters. The fourth-order valence-electron chi connectivity index (χ4n) is 1.94. The fourth-order valence-corrected chi connectivity index (χ4v) is 1.94. The molecule has 24 heavy (non-hydrogen) atoms. The van der Waals surface area contributed by atoms with Crippen LogP contribution in [0.25, 0.3) is 0 Å². The summed E-state index contributed by atoms with van der Waals surface area (Å²) < 4.78 is 0. The molecule has 0 atom stereocenters. The minimum atomic E-state index is -0.288. The van der Waals surface area contributed by atoms with Crippen LogP contribution in [-0.4, -0.2) is 29.8 Å². The zero-order valence-corrected chi connectivity index (χ0v) is 15.2. The third-order valence-electron chi connectivity index (χ3n) is 3.09. The fraction of sp³-hybridized carbons (Fsp3) is 0.500. The highest BCUT2D eigenvalue weighted by Crippen LogP contribution is 2.17. The lowest BCUT2D eigenvalue weighted by Crippen LogP contribution is -2.32. The first kappa shape index (κ1) is 19.7. The Morgan fingerprint density at radius 3 is 1.50 bits per heavy atom. The Morgan fingerprint density at radius 1 is 0.750 bits per heavy atom. The van der Waals surface area contributed by atoms with E-state index in [1.54, 1.807) is 26.0 Å². The maximum absolute atomic E-state index is 12.3. The molecule has 1 aromatic carbocycles. The third kappa shape index (κ3) is 6.02. The monoisotopic (exact) mass is 333 g/mol. The highest BCUT2D eigenvalue weighted by molar-refractivity contribution is 6.03. The number of anilines is 1. The first-order valence-electron chi connectivity index (χ1n) is 8.17. The Hall–Kier alpha value is -2.37. The Labute approximate surface area is 143 Å². The highest BCUT2D eigenvalue weighted by atomic mass is 16.2. The molecule has 0 heterocycles. The number of benzene rings is 1. The lowest BCUT2D eigenvalue weighted by molar-refractivity contribution is -0.118. The van der Waals surface area contributed by atoms with Gasteiger partial charge in [-0.25, -0.2) is 0 Å². The van der Waals surface area contributed by atoms with Crippen molar-refractivity contribution in [3.8, 4) is 0 Å². The summed E-state index contributed by atoms with van der Waals surface area (Å²) in [5.41, 5.74) is 1.09. The summed E-state index contributed by atoms with van der Waals surface area (Å²) in [5, 5.41) is 8.31. The molecule has 0 aliphatic rings. The molecule has 0 spiro atoms. The van der Waals surface area contributed by atoms with Crippen molar-refractivity contribution < 1.29 is 14.4 Å². The number of carbonyl (C=O) groups excluding carboxylic acids is 3. The number of hydrogen-bond acceptors (Lipinski definition) is 3. The summed E-state index contributed by atoms with van der Waals surface area (Å²) in [4.78, 5) is 36.5. The molecular weight excluding hydrogens is 306 g/mol. The van der Waals surface area contributed by atoms with E-state index in [9.17, 15) is 14.4 Å². The van der Waals surface area contributed by atoms with Gasteiger partial charge in [-0.15, -0.1) is 0 Å². The van der Waals surface area contributed by atoms with Crippen LogP contribution in [0.5, 0.6) is 0 Å². The molecule has 132 valence electrons. The molecule has 1 rings (SSSR count). The van der Waals surface area contributed by atoms with Crippen molar-refractivity contribution in [1.29, 1.82) is 0 Å². The average Bonchev–Trinajstić information content (AvgIpc) is 2.45. The maximum Gasteiger partial charge on any atom is 0.251 e. The molecule has 0 aliphatic carbocycles. The van der Waals surface area contributed by atoms with E-state index >= 15 is 0 Å². The lowest BCUT2D eigenvalue weighted by Gasteiger charge is -2.14. The van der Waals surface area contributed by atoms with Crippen molar-refractivity contribution in [2.45, 2.75) is 53.6 Å². The predicted molar refractivity (Wildman–Crippen MR) is 95.1 cm³/mol. The van der Waals surface area contributed by atoms with Gasteiger partial charge in [-0.1, -0.05) is 13.8 Å². The normalized spacial score (nSPS) is 10.9. The van der Waals surface area contributed by atoms with Gasteiger partial charge in [0.15, 0.2) is 0 Å². The summed E-state index contributed by atoms with van der Waals surface area (Å²) >= 11 is 0. The quantitative estimate of drug-likeness (QED) is 0.747. The van der Waals surface area contributed by atoms with Crippen LogP contribution in [0.2, 0.25) is 0 Å². The predicted octanol–water partition coefficient (Wildman–Crippen LogP) is 2.56. The van der Waals surface area contributed by atoms with Crippen LogP contribution in [0.1, 0.15) is 62.3 Å². The van der Waals surface area contributed by atoms with Crippen LogP contribution in [0.3, 0.4) is 0 Å². The van der Waals surface area contributed by atoms with Gasteiger partial charge < -0.3 is 16.0 Å². The largest absolute Gasteiger partial charge is 0.350 e. The third-order valence-corrected chi connectivity index (χ3v) is 3.09. The van der Waals surface area contributed by atoms with Gasteiger partial charge in [0.1, 0.15) is 0 Å². The van der Waals surface area contributed by atoms with Crippen molar-refractivity contribution in [2.24, 2.45) is 5.92 Å². The number of carbonyl (C=O) groups is 3. The topological polar surface area (TPSA) is 87.3 Å². The van der Waals surface area contributed by atoms with Crippen molar-refractivity contribution in [1.82, 2.24) is 10.6 Å². The molecule has 0 radical (unpaired) electrons. The second-order valence-electron chi connectivity index (χ2n) is 6.70. The number of rotatable bonds is 6. The van der Waals surface area contributed by atoms with Crippen LogP contribution in [-0.2, 0) is 4.79 Å². The summed E-state index contributed by atoms with van der Waals surface area (Å²) in [6, 6.07) is 4.62. The van der Waals surface area contributed by atoms with E-state index in [1.807, 2.05) is 27.7 Å². The Bertz CT molecular complexity index is 582. The Balaban J connectivity index is 3.20. The van der Waals surface area contributed by atoms with Crippen LogP contribution >= 0.6 is 0 Å². The van der Waals surface area contributed by atoms with E-state index in [0.29, 0.717) is 16.8 Å². The average molecular weight is 333 g/mol. The highest BCUT2D eigenvalue weighted by Gasteiger charge is 2.16. The van der Waals surface area contributed by atoms with Crippen molar-refractivity contribution in [2.75, 3.05) is 5.32 Å². The van der Waals surface area contributed by atoms with Crippen LogP contribution < -0.4 is 16.0 Å². The Kier molecular flexibility index (Phi) is 6.95. The van der Waals surface area contributed by atoms with E-state index in [-0.39, 0.29) is 35.7 Å². The molecule has 1 aromatic rings. The van der Waals surface area contributed by atoms with Gasteiger partial charge >= 0.3 is 0 Å². The van der Waals surface area contributed by atoms with Crippen molar-refractivity contribution >= 4 is 23.4 Å². The number of hydrogen-bond donors (Lipinski definition) is 3. The number of amides is 3. The standard InChI is InChI=1S/C18H27N3O3/c1-10(2)16(22)21-15-8-13(17(23)19-11(3)4)7-14(9-15)18(24)20-12(5)6/h7-12H,1-6H3,(H,19,23)(H,20,24)(H,21,22). The molecule has 3 amide bonds. The minimum Gasteiger partial charge on any atom is -0.350 e. The van der Waals surface area contributed by atoms with Gasteiger partial charge in [-0.05, 0) is 45.9 Å². The first-order chi connectivity index (χ1) is 11.1. The first-order valence-corrected chi connectivity index (χ1v) is 8.17. The van der Waals surface area contributed by atoms with Crippen LogP contribution in [0.4, 0.5) is 5.69 Å². The van der Waals surface area contributed by atoms with Gasteiger partial charge in [-0.2, -0.15) is 0 Å². The molecule has 0 fully saturated rings. The minimum absolute atomic E-state index is 0.0284. The van der Waals surface area contributed by atoms with E-state index in [1.165, 1.54) is 6.07 Å². The second kappa shape index (κ2) is 8.47. The van der Waals surface area contributed by atoms with Crippen molar-refractivity contribution in [3.05, 3.63) is 29.3 Å². The SMILES string of the molecule is CC(C)NC(=O)c1cc(NC(=O)C(C)C)cc(C(=O)NC(C)C)c1. The smallest absolute Gasteiger partial charge is 0.251 e. The zero-order valence-electron chi connectivity index (χ0n) is 15.2. The molecule has 0 saturated carbocycles. The molecule has 6 heteroatoms. The summed E-state index contributed by atoms with van der Waals surface area (Å²) in [6.45, 7) is 11.0. The summed E-state index contributed by atoms with van der Waals surface area (Å²) in [5.74, 6) is -0.953. The molecule has 0 aromatic heterocycles. The van der Waals surface area contributed by atoms with E-state index in [4.69, 9.17) is 0 Å². The summed E-state index contributed by atoms with van der Waals surface area (Å²) in [7, 11) is 0. The van der Waals surface area contributed by atoms with Gasteiger partial charge in [0.25, 0.3) is 11.8 Å². The molecule has 0 aliphatic heterocycles. The van der Waals surface area contributed by atoms with E-state index < -0.39 is 0 Å². The lowest BCUT2D eigenvalue weighted by atomic mass is 10.1. The molecule has 0 saturated heterocycles. The molecule has 3 N–H and O–H groups in total.